The molecule has 0 amide bonds. The van der Waals surface area contributed by atoms with Crippen molar-refractivity contribution >= 4 is 0 Å². The van der Waals surface area contributed by atoms with Gasteiger partial charge in [-0.05, 0) is 26.2 Å². The lowest BCUT2D eigenvalue weighted by atomic mass is 9.89. The minimum atomic E-state index is 0.348. The quantitative estimate of drug-likeness (QED) is 0.791. The average molecular weight is 226 g/mol. The summed E-state index contributed by atoms with van der Waals surface area (Å²) >= 11 is 0. The smallest absolute Gasteiger partial charge is 0.0703 e. The topological polar surface area (TPSA) is 24.5 Å². The van der Waals surface area contributed by atoms with Gasteiger partial charge >= 0.3 is 0 Å². The van der Waals surface area contributed by atoms with Gasteiger partial charge in [-0.25, -0.2) is 0 Å². The largest absolute Gasteiger partial charge is 0.377 e. The van der Waals surface area contributed by atoms with E-state index in [0.29, 0.717) is 17.7 Å². The molecule has 0 aliphatic carbocycles. The van der Waals surface area contributed by atoms with E-state index in [1.807, 2.05) is 0 Å². The molecule has 2 heterocycles. The van der Waals surface area contributed by atoms with Crippen LogP contribution in [-0.2, 0) is 4.74 Å². The lowest BCUT2D eigenvalue weighted by Crippen LogP contribution is -2.62. The van der Waals surface area contributed by atoms with Crippen LogP contribution in [0.2, 0.25) is 0 Å². The van der Waals surface area contributed by atoms with Gasteiger partial charge in [0.15, 0.2) is 0 Å². The van der Waals surface area contributed by atoms with Gasteiger partial charge in [0.05, 0.1) is 6.10 Å². The molecule has 3 heteroatoms. The van der Waals surface area contributed by atoms with Crippen LogP contribution in [0, 0.1) is 0 Å². The van der Waals surface area contributed by atoms with E-state index >= 15 is 0 Å². The number of piperazine rings is 1. The van der Waals surface area contributed by atoms with Crippen molar-refractivity contribution in [2.45, 2.75) is 57.7 Å². The summed E-state index contributed by atoms with van der Waals surface area (Å²) in [5.41, 5.74) is 0.348. The van der Waals surface area contributed by atoms with Crippen molar-refractivity contribution in [2.75, 3.05) is 26.2 Å². The zero-order valence-corrected chi connectivity index (χ0v) is 11.0. The molecule has 0 spiro atoms. The van der Waals surface area contributed by atoms with Crippen molar-refractivity contribution in [1.82, 2.24) is 10.2 Å². The lowest BCUT2D eigenvalue weighted by molar-refractivity contribution is 0.0388. The molecule has 0 aromatic heterocycles. The van der Waals surface area contributed by atoms with Gasteiger partial charge in [-0.2, -0.15) is 0 Å². The summed E-state index contributed by atoms with van der Waals surface area (Å²) in [7, 11) is 0. The third kappa shape index (κ3) is 2.27. The minimum Gasteiger partial charge on any atom is -0.377 e. The Morgan fingerprint density at radius 3 is 2.69 bits per heavy atom. The number of nitrogens with zero attached hydrogens (tertiary/aromatic N) is 1. The molecule has 94 valence electrons. The van der Waals surface area contributed by atoms with Crippen LogP contribution in [0.15, 0.2) is 0 Å². The van der Waals surface area contributed by atoms with Crippen molar-refractivity contribution < 1.29 is 4.74 Å². The predicted molar refractivity (Wildman–Crippen MR) is 66.7 cm³/mol. The van der Waals surface area contributed by atoms with E-state index in [1.54, 1.807) is 0 Å². The third-order valence-electron chi connectivity index (χ3n) is 4.56. The second-order valence-corrected chi connectivity index (χ2v) is 5.32. The van der Waals surface area contributed by atoms with Crippen molar-refractivity contribution in [3.63, 3.8) is 0 Å². The summed E-state index contributed by atoms with van der Waals surface area (Å²) in [6, 6.07) is 0.652. The summed E-state index contributed by atoms with van der Waals surface area (Å²) < 4.78 is 5.69. The van der Waals surface area contributed by atoms with Crippen LogP contribution in [0.3, 0.4) is 0 Å². The lowest BCUT2D eigenvalue weighted by Gasteiger charge is -2.46. The average Bonchev–Trinajstić information content (AvgIpc) is 2.75. The van der Waals surface area contributed by atoms with Gasteiger partial charge in [0.2, 0.25) is 0 Å². The molecule has 0 aromatic carbocycles. The van der Waals surface area contributed by atoms with Crippen LogP contribution < -0.4 is 5.32 Å². The molecule has 2 rings (SSSR count). The molecule has 0 bridgehead atoms. The first-order chi connectivity index (χ1) is 7.71. The van der Waals surface area contributed by atoms with Gasteiger partial charge in [0.1, 0.15) is 0 Å². The highest BCUT2D eigenvalue weighted by molar-refractivity contribution is 4.96. The van der Waals surface area contributed by atoms with E-state index in [0.717, 1.165) is 13.2 Å². The fraction of sp³-hybridized carbons (Fsp3) is 1.00. The van der Waals surface area contributed by atoms with E-state index in [2.05, 4.69) is 31.0 Å². The summed E-state index contributed by atoms with van der Waals surface area (Å²) in [5.74, 6) is 0. The second kappa shape index (κ2) is 5.03. The first-order valence-corrected chi connectivity index (χ1v) is 6.81. The normalized spacial score (nSPS) is 35.4. The molecule has 0 radical (unpaired) electrons. The third-order valence-corrected chi connectivity index (χ3v) is 4.56. The predicted octanol–water partition coefficient (Wildman–Crippen LogP) is 1.63. The maximum Gasteiger partial charge on any atom is 0.0703 e. The fourth-order valence-corrected chi connectivity index (χ4v) is 3.19. The maximum absolute atomic E-state index is 5.69. The maximum atomic E-state index is 5.69. The van der Waals surface area contributed by atoms with Gasteiger partial charge in [0, 0.05) is 37.8 Å². The molecule has 0 aromatic rings. The molecule has 1 N–H and O–H groups in total. The highest BCUT2D eigenvalue weighted by Crippen LogP contribution is 2.26. The molecule has 2 atom stereocenters. The molecule has 0 saturated carbocycles. The van der Waals surface area contributed by atoms with Crippen LogP contribution in [0.5, 0.6) is 0 Å². The Hall–Kier alpha value is -0.120. The number of ether oxygens (including phenoxy) is 1. The molecular weight excluding hydrogens is 200 g/mol. The van der Waals surface area contributed by atoms with Crippen LogP contribution in [-0.4, -0.2) is 48.8 Å². The molecule has 2 unspecified atom stereocenters. The highest BCUT2D eigenvalue weighted by Gasteiger charge is 2.38. The summed E-state index contributed by atoms with van der Waals surface area (Å²) in [5, 5.41) is 3.72. The first kappa shape index (κ1) is 12.3. The molecular formula is C13H26N2O. The Kier molecular flexibility index (Phi) is 3.88. The molecule has 16 heavy (non-hydrogen) atoms. The van der Waals surface area contributed by atoms with Gasteiger partial charge < -0.3 is 10.1 Å². The van der Waals surface area contributed by atoms with Gasteiger partial charge in [-0.3, -0.25) is 4.90 Å². The zero-order valence-electron chi connectivity index (χ0n) is 11.0. The number of nitrogens with one attached hydrogen (secondary N) is 1. The Labute approximate surface area is 99.5 Å². The Morgan fingerprint density at radius 1 is 1.38 bits per heavy atom. The summed E-state index contributed by atoms with van der Waals surface area (Å²) in [6.07, 6.45) is 4.08. The molecule has 2 saturated heterocycles. The Bertz CT molecular complexity index is 228. The van der Waals surface area contributed by atoms with Gasteiger partial charge in [-0.15, -0.1) is 0 Å². The van der Waals surface area contributed by atoms with Crippen molar-refractivity contribution in [3.8, 4) is 0 Å². The van der Waals surface area contributed by atoms with E-state index in [4.69, 9.17) is 4.74 Å². The van der Waals surface area contributed by atoms with E-state index in [9.17, 15) is 0 Å². The number of rotatable bonds is 3. The Morgan fingerprint density at radius 2 is 2.12 bits per heavy atom. The monoisotopic (exact) mass is 226 g/mol. The SMILES string of the molecule is CCC1(CC)CN(C2CCOC2C)CCN1. The van der Waals surface area contributed by atoms with E-state index in [-0.39, 0.29) is 0 Å². The molecule has 2 aliphatic heterocycles. The van der Waals surface area contributed by atoms with Crippen LogP contribution in [0.4, 0.5) is 0 Å². The van der Waals surface area contributed by atoms with Crippen LogP contribution in [0.1, 0.15) is 40.0 Å². The molecule has 3 nitrogen and oxygen atoms in total. The summed E-state index contributed by atoms with van der Waals surface area (Å²) in [6.45, 7) is 11.3. The van der Waals surface area contributed by atoms with Gasteiger partial charge in [0.25, 0.3) is 0 Å². The highest BCUT2D eigenvalue weighted by atomic mass is 16.5. The van der Waals surface area contributed by atoms with Gasteiger partial charge in [-0.1, -0.05) is 13.8 Å². The first-order valence-electron chi connectivity index (χ1n) is 6.81. The molecule has 2 fully saturated rings. The fourth-order valence-electron chi connectivity index (χ4n) is 3.19. The van der Waals surface area contributed by atoms with Crippen molar-refractivity contribution in [2.24, 2.45) is 0 Å². The number of hydrogen-bond donors (Lipinski definition) is 1. The van der Waals surface area contributed by atoms with Crippen molar-refractivity contribution in [1.29, 1.82) is 0 Å². The van der Waals surface area contributed by atoms with E-state index in [1.165, 1.54) is 32.4 Å². The van der Waals surface area contributed by atoms with E-state index < -0.39 is 0 Å². The van der Waals surface area contributed by atoms with Crippen molar-refractivity contribution in [3.05, 3.63) is 0 Å². The van der Waals surface area contributed by atoms with Crippen LogP contribution >= 0.6 is 0 Å². The standard InChI is InChI=1S/C13H26N2O/c1-4-13(5-2)10-15(8-7-14-13)12-6-9-16-11(12)3/h11-12,14H,4-10H2,1-3H3. The van der Waals surface area contributed by atoms with Crippen LogP contribution in [0.25, 0.3) is 0 Å². The summed E-state index contributed by atoms with van der Waals surface area (Å²) in [4.78, 5) is 2.65. The Balaban J connectivity index is 2.00. The number of hydrogen-bond acceptors (Lipinski definition) is 3. The minimum absolute atomic E-state index is 0.348. The zero-order chi connectivity index (χ0) is 11.6. The second-order valence-electron chi connectivity index (χ2n) is 5.32. The molecule has 2 aliphatic rings.